The number of ketones is 1. The number of carbonyl (C=O) groups is 1. The van der Waals surface area contributed by atoms with Crippen molar-refractivity contribution in [3.05, 3.63) is 28.8 Å². The summed E-state index contributed by atoms with van der Waals surface area (Å²) in [5.74, 6) is 0.369. The van der Waals surface area contributed by atoms with Crippen molar-refractivity contribution in [2.75, 3.05) is 20.3 Å². The lowest BCUT2D eigenvalue weighted by molar-refractivity contribution is 0.0169. The number of Topliss-reactive ketones (excluding diaryl/α,β-unsaturated/α-hetero) is 1. The molecule has 0 atom stereocenters. The van der Waals surface area contributed by atoms with E-state index in [9.17, 15) is 13.6 Å². The first-order valence-electron chi connectivity index (χ1n) is 6.00. The van der Waals surface area contributed by atoms with Crippen LogP contribution in [0.2, 0.25) is 0 Å². The molecule has 0 N–H and O–H groups in total. The molecule has 0 bridgehead atoms. The third-order valence-corrected chi connectivity index (χ3v) is 2.90. The predicted molar refractivity (Wildman–Crippen MR) is 68.2 cm³/mol. The van der Waals surface area contributed by atoms with Crippen LogP contribution in [0, 0.1) is 13.8 Å². The van der Waals surface area contributed by atoms with E-state index in [0.717, 1.165) is 11.1 Å². The van der Waals surface area contributed by atoms with Gasteiger partial charge >= 0.3 is 0 Å². The summed E-state index contributed by atoms with van der Waals surface area (Å²) in [5.41, 5.74) is 2.40. The van der Waals surface area contributed by atoms with Gasteiger partial charge in [0, 0.05) is 6.42 Å². The van der Waals surface area contributed by atoms with Gasteiger partial charge in [-0.15, -0.1) is 0 Å². The smallest absolute Gasteiger partial charge is 0.261 e. The fourth-order valence-electron chi connectivity index (χ4n) is 1.74. The van der Waals surface area contributed by atoms with Crippen LogP contribution in [0.5, 0.6) is 5.75 Å². The minimum absolute atomic E-state index is 0.0146. The molecule has 19 heavy (non-hydrogen) atoms. The first-order chi connectivity index (χ1) is 8.97. The zero-order chi connectivity index (χ0) is 14.4. The van der Waals surface area contributed by atoms with Gasteiger partial charge in [0.1, 0.15) is 12.4 Å². The van der Waals surface area contributed by atoms with Crippen molar-refractivity contribution < 1.29 is 23.0 Å². The molecular weight excluding hydrogens is 254 g/mol. The summed E-state index contributed by atoms with van der Waals surface area (Å²) in [5, 5.41) is 0. The average molecular weight is 272 g/mol. The van der Waals surface area contributed by atoms with Crippen LogP contribution in [0.4, 0.5) is 8.78 Å². The van der Waals surface area contributed by atoms with Crippen LogP contribution in [0.15, 0.2) is 12.1 Å². The predicted octanol–water partition coefficient (Wildman–Crippen LogP) is 3.17. The van der Waals surface area contributed by atoms with Gasteiger partial charge in [-0.1, -0.05) is 6.07 Å². The van der Waals surface area contributed by atoms with Gasteiger partial charge in [-0.25, -0.2) is 8.78 Å². The molecule has 0 heterocycles. The van der Waals surface area contributed by atoms with Crippen LogP contribution in [-0.4, -0.2) is 32.5 Å². The molecule has 0 unspecified atom stereocenters. The second kappa shape index (κ2) is 7.19. The maximum Gasteiger partial charge on any atom is 0.261 e. The Morgan fingerprint density at radius 3 is 2.58 bits per heavy atom. The molecule has 0 aliphatic rings. The van der Waals surface area contributed by atoms with Crippen LogP contribution >= 0.6 is 0 Å². The van der Waals surface area contributed by atoms with Crippen molar-refractivity contribution in [1.82, 2.24) is 0 Å². The number of benzene rings is 1. The SMILES string of the molecule is COc1c(C(=O)CCOCC(F)F)ccc(C)c1C. The van der Waals surface area contributed by atoms with Gasteiger partial charge < -0.3 is 9.47 Å². The number of hydrogen-bond acceptors (Lipinski definition) is 3. The molecule has 0 radical (unpaired) electrons. The number of rotatable bonds is 7. The molecular formula is C14H18F2O3. The molecule has 1 rings (SSSR count). The maximum atomic E-state index is 12.0. The Hall–Kier alpha value is -1.49. The Labute approximate surface area is 111 Å². The average Bonchev–Trinajstić information content (AvgIpc) is 2.37. The highest BCUT2D eigenvalue weighted by Crippen LogP contribution is 2.27. The molecule has 3 nitrogen and oxygen atoms in total. The summed E-state index contributed by atoms with van der Waals surface area (Å²) in [6.07, 6.45) is -2.45. The van der Waals surface area contributed by atoms with Crippen molar-refractivity contribution in [1.29, 1.82) is 0 Å². The van der Waals surface area contributed by atoms with Gasteiger partial charge in [0.05, 0.1) is 19.3 Å². The van der Waals surface area contributed by atoms with Crippen molar-refractivity contribution in [3.8, 4) is 5.75 Å². The highest BCUT2D eigenvalue weighted by molar-refractivity contribution is 5.99. The van der Waals surface area contributed by atoms with Crippen LogP contribution in [0.25, 0.3) is 0 Å². The number of hydrogen-bond donors (Lipinski definition) is 0. The summed E-state index contributed by atoms with van der Waals surface area (Å²) in [6.45, 7) is 3.15. The second-order valence-electron chi connectivity index (χ2n) is 4.23. The zero-order valence-corrected chi connectivity index (χ0v) is 11.3. The zero-order valence-electron chi connectivity index (χ0n) is 11.3. The third-order valence-electron chi connectivity index (χ3n) is 2.90. The standard InChI is InChI=1S/C14H18F2O3/c1-9-4-5-11(14(18-3)10(9)2)12(17)6-7-19-8-13(15)16/h4-5,13H,6-8H2,1-3H3. The quantitative estimate of drug-likeness (QED) is 0.565. The summed E-state index contributed by atoms with van der Waals surface area (Å²) >= 11 is 0. The Morgan fingerprint density at radius 2 is 2.00 bits per heavy atom. The van der Waals surface area contributed by atoms with E-state index < -0.39 is 13.0 Å². The van der Waals surface area contributed by atoms with E-state index in [-0.39, 0.29) is 18.8 Å². The van der Waals surface area contributed by atoms with Crippen molar-refractivity contribution >= 4 is 5.78 Å². The third kappa shape index (κ3) is 4.28. The largest absolute Gasteiger partial charge is 0.496 e. The van der Waals surface area contributed by atoms with E-state index in [4.69, 9.17) is 9.47 Å². The van der Waals surface area contributed by atoms with E-state index >= 15 is 0 Å². The molecule has 0 saturated carbocycles. The van der Waals surface area contributed by atoms with Crippen LogP contribution in [0.3, 0.4) is 0 Å². The molecule has 5 heteroatoms. The van der Waals surface area contributed by atoms with Gasteiger partial charge in [0.25, 0.3) is 6.43 Å². The molecule has 0 amide bonds. The Kier molecular flexibility index (Phi) is 5.89. The lowest BCUT2D eigenvalue weighted by Gasteiger charge is -2.12. The van der Waals surface area contributed by atoms with Gasteiger partial charge in [0.2, 0.25) is 0 Å². The molecule has 0 spiro atoms. The normalized spacial score (nSPS) is 10.8. The molecule has 0 fully saturated rings. The topological polar surface area (TPSA) is 35.5 Å². The summed E-state index contributed by atoms with van der Waals surface area (Å²) in [7, 11) is 1.51. The Bertz CT molecular complexity index is 445. The lowest BCUT2D eigenvalue weighted by atomic mass is 10.0. The fraction of sp³-hybridized carbons (Fsp3) is 0.500. The first-order valence-corrected chi connectivity index (χ1v) is 6.00. The molecule has 106 valence electrons. The van der Waals surface area contributed by atoms with Crippen LogP contribution in [-0.2, 0) is 4.74 Å². The van der Waals surface area contributed by atoms with Gasteiger partial charge in [-0.2, -0.15) is 0 Å². The van der Waals surface area contributed by atoms with Crippen molar-refractivity contribution in [2.24, 2.45) is 0 Å². The summed E-state index contributed by atoms with van der Waals surface area (Å²) in [4.78, 5) is 12.0. The maximum absolute atomic E-state index is 12.0. The minimum atomic E-state index is -2.51. The van der Waals surface area contributed by atoms with Crippen molar-refractivity contribution in [2.45, 2.75) is 26.7 Å². The number of carbonyl (C=O) groups excluding carboxylic acids is 1. The van der Waals surface area contributed by atoms with E-state index in [1.807, 2.05) is 19.9 Å². The Balaban J connectivity index is 2.69. The van der Waals surface area contributed by atoms with E-state index in [1.165, 1.54) is 7.11 Å². The molecule has 0 saturated heterocycles. The summed E-state index contributed by atoms with van der Waals surface area (Å²) in [6, 6.07) is 3.53. The highest BCUT2D eigenvalue weighted by Gasteiger charge is 2.15. The first kappa shape index (κ1) is 15.6. The molecule has 0 aliphatic carbocycles. The highest BCUT2D eigenvalue weighted by atomic mass is 19.3. The fourth-order valence-corrected chi connectivity index (χ4v) is 1.74. The van der Waals surface area contributed by atoms with Crippen LogP contribution in [0.1, 0.15) is 27.9 Å². The monoisotopic (exact) mass is 272 g/mol. The minimum Gasteiger partial charge on any atom is -0.496 e. The second-order valence-corrected chi connectivity index (χ2v) is 4.23. The molecule has 1 aromatic carbocycles. The number of methoxy groups -OCH3 is 1. The van der Waals surface area contributed by atoms with E-state index in [2.05, 4.69) is 0 Å². The number of alkyl halides is 2. The molecule has 1 aromatic rings. The Morgan fingerprint density at radius 1 is 1.32 bits per heavy atom. The molecule has 0 aliphatic heterocycles. The summed E-state index contributed by atoms with van der Waals surface area (Å²) < 4.78 is 33.7. The number of aryl methyl sites for hydroxylation is 1. The van der Waals surface area contributed by atoms with Gasteiger partial charge in [0.15, 0.2) is 5.78 Å². The van der Waals surface area contributed by atoms with Gasteiger partial charge in [-0.3, -0.25) is 4.79 Å². The van der Waals surface area contributed by atoms with Crippen molar-refractivity contribution in [3.63, 3.8) is 0 Å². The van der Waals surface area contributed by atoms with Gasteiger partial charge in [-0.05, 0) is 31.0 Å². The van der Waals surface area contributed by atoms with E-state index in [1.54, 1.807) is 6.07 Å². The number of halogens is 2. The lowest BCUT2D eigenvalue weighted by Crippen LogP contribution is -2.11. The molecule has 0 aromatic heterocycles. The van der Waals surface area contributed by atoms with E-state index in [0.29, 0.717) is 11.3 Å². The van der Waals surface area contributed by atoms with Crippen LogP contribution < -0.4 is 4.74 Å². The number of ether oxygens (including phenoxy) is 2.